The fraction of sp³-hybridized carbons (Fsp3) is 0.579. The summed E-state index contributed by atoms with van der Waals surface area (Å²) in [7, 11) is 0. The summed E-state index contributed by atoms with van der Waals surface area (Å²) in [4.78, 5) is 28.9. The quantitative estimate of drug-likeness (QED) is 0.580. The number of ether oxygens (including phenoxy) is 2. The molecule has 0 unspecified atom stereocenters. The highest BCUT2D eigenvalue weighted by atomic mass is 127. The summed E-state index contributed by atoms with van der Waals surface area (Å²) in [5, 5.41) is 2.96. The highest BCUT2D eigenvalue weighted by Crippen LogP contribution is 2.18. The summed E-state index contributed by atoms with van der Waals surface area (Å²) in [6.45, 7) is 6.71. The number of nitrogens with zero attached hydrogens (tertiary/aromatic N) is 2. The highest BCUT2D eigenvalue weighted by molar-refractivity contribution is 14.1. The zero-order valence-electron chi connectivity index (χ0n) is 15.4. The number of hydrogen-bond acceptors (Lipinski definition) is 6. The highest BCUT2D eigenvalue weighted by Gasteiger charge is 2.16. The van der Waals surface area contributed by atoms with E-state index in [2.05, 4.69) is 37.7 Å². The normalized spacial score (nSPS) is 19.0. The maximum absolute atomic E-state index is 12.4. The number of morpholine rings is 2. The van der Waals surface area contributed by atoms with Gasteiger partial charge in [-0.2, -0.15) is 0 Å². The number of hydrogen-bond donors (Lipinski definition) is 1. The van der Waals surface area contributed by atoms with Gasteiger partial charge in [-0.3, -0.25) is 19.4 Å². The standard InChI is InChI=1S/C19H26IN3O4/c20-16-9-15(11-18(24)13-22-1-5-26-6-2-22)10-17(12-16)21-19(25)14-23-3-7-27-8-4-23/h9-10,12H,1-8,11,13-14H2,(H,21,25). The van der Waals surface area contributed by atoms with E-state index >= 15 is 0 Å². The molecular formula is C19H26IN3O4. The van der Waals surface area contributed by atoms with Crippen LogP contribution in [0.2, 0.25) is 0 Å². The predicted octanol–water partition coefficient (Wildman–Crippen LogP) is 1.01. The van der Waals surface area contributed by atoms with E-state index in [0.717, 1.165) is 41.0 Å². The minimum Gasteiger partial charge on any atom is -0.379 e. The van der Waals surface area contributed by atoms with Crippen molar-refractivity contribution in [1.82, 2.24) is 9.80 Å². The second kappa shape index (κ2) is 10.5. The molecule has 27 heavy (non-hydrogen) atoms. The largest absolute Gasteiger partial charge is 0.379 e. The first-order valence-corrected chi connectivity index (χ1v) is 10.4. The molecule has 0 saturated carbocycles. The molecule has 0 bridgehead atoms. The second-order valence-electron chi connectivity index (χ2n) is 6.89. The van der Waals surface area contributed by atoms with Gasteiger partial charge in [0.15, 0.2) is 5.78 Å². The predicted molar refractivity (Wildman–Crippen MR) is 111 cm³/mol. The fourth-order valence-corrected chi connectivity index (χ4v) is 4.02. The van der Waals surface area contributed by atoms with E-state index in [1.165, 1.54) is 0 Å². The molecule has 0 radical (unpaired) electrons. The Morgan fingerprint density at radius 3 is 2.15 bits per heavy atom. The molecule has 0 atom stereocenters. The number of carbonyl (C=O) groups is 2. The maximum Gasteiger partial charge on any atom is 0.238 e. The molecule has 0 aromatic heterocycles. The van der Waals surface area contributed by atoms with Crippen molar-refractivity contribution in [2.24, 2.45) is 0 Å². The lowest BCUT2D eigenvalue weighted by Gasteiger charge is -2.26. The van der Waals surface area contributed by atoms with Gasteiger partial charge < -0.3 is 14.8 Å². The molecule has 1 aromatic carbocycles. The Morgan fingerprint density at radius 1 is 0.926 bits per heavy atom. The summed E-state index contributed by atoms with van der Waals surface area (Å²) in [6, 6.07) is 5.82. The first-order valence-electron chi connectivity index (χ1n) is 9.30. The van der Waals surface area contributed by atoms with Crippen LogP contribution < -0.4 is 5.32 Å². The maximum atomic E-state index is 12.4. The van der Waals surface area contributed by atoms with Gasteiger partial charge in [0.05, 0.1) is 39.5 Å². The molecule has 2 saturated heterocycles. The van der Waals surface area contributed by atoms with Gasteiger partial charge in [0.2, 0.25) is 5.91 Å². The molecule has 0 aliphatic carbocycles. The molecule has 1 N–H and O–H groups in total. The van der Waals surface area contributed by atoms with Crippen molar-refractivity contribution in [3.63, 3.8) is 0 Å². The van der Waals surface area contributed by atoms with Gasteiger partial charge in [-0.05, 0) is 46.4 Å². The molecule has 2 aliphatic rings. The second-order valence-corrected chi connectivity index (χ2v) is 8.13. The van der Waals surface area contributed by atoms with E-state index in [-0.39, 0.29) is 11.7 Å². The van der Waals surface area contributed by atoms with E-state index in [1.807, 2.05) is 18.2 Å². The van der Waals surface area contributed by atoms with E-state index in [1.54, 1.807) is 0 Å². The molecule has 1 amide bonds. The number of carbonyl (C=O) groups excluding carboxylic acids is 2. The number of rotatable bonds is 7. The van der Waals surface area contributed by atoms with Crippen molar-refractivity contribution in [1.29, 1.82) is 0 Å². The molecule has 0 spiro atoms. The van der Waals surface area contributed by atoms with Crippen LogP contribution in [0.25, 0.3) is 0 Å². The van der Waals surface area contributed by atoms with Crippen LogP contribution in [0.5, 0.6) is 0 Å². The van der Waals surface area contributed by atoms with E-state index < -0.39 is 0 Å². The van der Waals surface area contributed by atoms with Gasteiger partial charge >= 0.3 is 0 Å². The van der Waals surface area contributed by atoms with Crippen molar-refractivity contribution < 1.29 is 19.1 Å². The average molecular weight is 487 g/mol. The smallest absolute Gasteiger partial charge is 0.238 e. The van der Waals surface area contributed by atoms with Gasteiger partial charge in [0.25, 0.3) is 0 Å². The van der Waals surface area contributed by atoms with Gasteiger partial charge in [-0.1, -0.05) is 0 Å². The summed E-state index contributed by atoms with van der Waals surface area (Å²) in [5.74, 6) is 0.147. The van der Waals surface area contributed by atoms with Crippen LogP contribution in [-0.4, -0.2) is 87.2 Å². The first-order chi connectivity index (χ1) is 13.1. The molecule has 3 rings (SSSR count). The fourth-order valence-electron chi connectivity index (χ4n) is 3.28. The molecule has 1 aromatic rings. The van der Waals surface area contributed by atoms with E-state index in [0.29, 0.717) is 45.9 Å². The Balaban J connectivity index is 1.53. The molecule has 8 heteroatoms. The Morgan fingerprint density at radius 2 is 1.52 bits per heavy atom. The number of halogens is 1. The number of anilines is 1. The summed E-state index contributed by atoms with van der Waals surface area (Å²) in [6.07, 6.45) is 0.376. The third kappa shape index (κ3) is 7.11. The van der Waals surface area contributed by atoms with Crippen LogP contribution >= 0.6 is 22.6 Å². The number of benzene rings is 1. The number of nitrogens with one attached hydrogen (secondary N) is 1. The third-order valence-electron chi connectivity index (χ3n) is 4.62. The lowest BCUT2D eigenvalue weighted by atomic mass is 10.1. The Hall–Kier alpha value is -1.07. The van der Waals surface area contributed by atoms with E-state index in [4.69, 9.17) is 9.47 Å². The lowest BCUT2D eigenvalue weighted by Crippen LogP contribution is -2.41. The van der Waals surface area contributed by atoms with Crippen molar-refractivity contribution >= 4 is 40.0 Å². The van der Waals surface area contributed by atoms with Crippen LogP contribution in [-0.2, 0) is 25.5 Å². The number of amides is 1. The minimum absolute atomic E-state index is 0.0375. The zero-order chi connectivity index (χ0) is 19.1. The van der Waals surface area contributed by atoms with Gasteiger partial charge in [0, 0.05) is 41.9 Å². The zero-order valence-corrected chi connectivity index (χ0v) is 17.6. The van der Waals surface area contributed by atoms with E-state index in [9.17, 15) is 9.59 Å². The van der Waals surface area contributed by atoms with Crippen molar-refractivity contribution in [2.75, 3.05) is 71.0 Å². The number of Topliss-reactive ketones (excluding diaryl/α,β-unsaturated/α-hetero) is 1. The van der Waals surface area contributed by atoms with Crippen LogP contribution in [0.1, 0.15) is 5.56 Å². The average Bonchev–Trinajstić information content (AvgIpc) is 2.62. The molecule has 148 valence electrons. The van der Waals surface area contributed by atoms with Gasteiger partial charge in [0.1, 0.15) is 0 Å². The molecule has 2 heterocycles. The lowest BCUT2D eigenvalue weighted by molar-refractivity contribution is -0.120. The van der Waals surface area contributed by atoms with Crippen molar-refractivity contribution in [2.45, 2.75) is 6.42 Å². The Kier molecular flexibility index (Phi) is 8.01. The van der Waals surface area contributed by atoms with Gasteiger partial charge in [-0.25, -0.2) is 0 Å². The monoisotopic (exact) mass is 487 g/mol. The Labute approximate surface area is 173 Å². The van der Waals surface area contributed by atoms with Crippen LogP contribution in [0.3, 0.4) is 0 Å². The summed E-state index contributed by atoms with van der Waals surface area (Å²) >= 11 is 2.22. The first kappa shape index (κ1) is 20.7. The Bertz CT molecular complexity index is 606. The molecule has 2 fully saturated rings. The van der Waals surface area contributed by atoms with Crippen molar-refractivity contribution in [3.05, 3.63) is 27.3 Å². The van der Waals surface area contributed by atoms with Crippen LogP contribution in [0.15, 0.2) is 18.2 Å². The minimum atomic E-state index is -0.0375. The topological polar surface area (TPSA) is 71.1 Å². The summed E-state index contributed by atoms with van der Waals surface area (Å²) < 4.78 is 11.6. The van der Waals surface area contributed by atoms with Crippen LogP contribution in [0.4, 0.5) is 5.69 Å². The molecular weight excluding hydrogens is 461 g/mol. The van der Waals surface area contributed by atoms with Gasteiger partial charge in [-0.15, -0.1) is 0 Å². The van der Waals surface area contributed by atoms with Crippen LogP contribution in [0, 0.1) is 3.57 Å². The SMILES string of the molecule is O=C(Cc1cc(I)cc(NC(=O)CN2CCOCC2)c1)CN1CCOCC1. The number of ketones is 1. The van der Waals surface area contributed by atoms with Crippen molar-refractivity contribution in [3.8, 4) is 0 Å². The molecule has 7 nitrogen and oxygen atoms in total. The summed E-state index contributed by atoms with van der Waals surface area (Å²) in [5.41, 5.74) is 1.68. The third-order valence-corrected chi connectivity index (χ3v) is 5.24. The molecule has 2 aliphatic heterocycles.